The maximum atomic E-state index is 12.7. The zero-order valence-corrected chi connectivity index (χ0v) is 21.5. The molecular weight excluding hydrogens is 593 g/mol. The molecule has 0 aliphatic carbocycles. The van der Waals surface area contributed by atoms with Crippen LogP contribution < -0.4 is 15.1 Å². The van der Waals surface area contributed by atoms with Crippen molar-refractivity contribution in [3.05, 3.63) is 40.7 Å². The molecule has 2 saturated heterocycles. The minimum absolute atomic E-state index is 0. The van der Waals surface area contributed by atoms with Crippen molar-refractivity contribution in [2.75, 3.05) is 62.2 Å². The van der Waals surface area contributed by atoms with Crippen molar-refractivity contribution in [3.8, 4) is 0 Å². The number of anilines is 2. The van der Waals surface area contributed by atoms with E-state index in [1.165, 1.54) is 0 Å². The fourth-order valence-corrected chi connectivity index (χ4v) is 3.04. The van der Waals surface area contributed by atoms with E-state index < -0.39 is 11.9 Å². The van der Waals surface area contributed by atoms with Crippen molar-refractivity contribution in [1.29, 1.82) is 0 Å². The minimum atomic E-state index is -0.838. The Morgan fingerprint density at radius 2 is 1.28 bits per heavy atom. The molecular formula is C18H25AcF2N8-. The monoisotopic (exact) mass is 618 g/mol. The third-order valence-corrected chi connectivity index (χ3v) is 4.36. The van der Waals surface area contributed by atoms with Crippen LogP contribution >= 0.6 is 0 Å². The molecule has 8 nitrogen and oxygen atoms in total. The van der Waals surface area contributed by atoms with Gasteiger partial charge in [-0.15, -0.1) is 13.1 Å². The molecule has 29 heavy (non-hydrogen) atoms. The van der Waals surface area contributed by atoms with Crippen LogP contribution in [0.2, 0.25) is 0 Å². The van der Waals surface area contributed by atoms with Crippen molar-refractivity contribution in [2.24, 2.45) is 0 Å². The van der Waals surface area contributed by atoms with E-state index in [-0.39, 0.29) is 50.0 Å². The molecule has 0 atom stereocenters. The van der Waals surface area contributed by atoms with E-state index in [0.29, 0.717) is 32.2 Å². The van der Waals surface area contributed by atoms with Gasteiger partial charge in [-0.05, 0) is 19.9 Å². The number of nitrogens with zero attached hydrogens (tertiary/aromatic N) is 7. The van der Waals surface area contributed by atoms with Gasteiger partial charge in [0, 0.05) is 101 Å². The van der Waals surface area contributed by atoms with E-state index >= 15 is 0 Å². The van der Waals surface area contributed by atoms with Gasteiger partial charge in [0.15, 0.2) is 0 Å². The topological polar surface area (TPSA) is 84.2 Å². The second-order valence-corrected chi connectivity index (χ2v) is 6.66. The van der Waals surface area contributed by atoms with E-state index in [4.69, 9.17) is 0 Å². The van der Waals surface area contributed by atoms with Crippen LogP contribution in [0.15, 0.2) is 12.1 Å². The molecule has 155 valence electrons. The number of aryl methyl sites for hydroxylation is 2. The van der Waals surface area contributed by atoms with Crippen LogP contribution in [0.5, 0.6) is 0 Å². The van der Waals surface area contributed by atoms with Crippen LogP contribution in [0.1, 0.15) is 11.4 Å². The van der Waals surface area contributed by atoms with Gasteiger partial charge in [-0.2, -0.15) is 18.7 Å². The summed E-state index contributed by atoms with van der Waals surface area (Å²) < 4.78 is 25.5. The molecule has 11 heteroatoms. The van der Waals surface area contributed by atoms with E-state index in [9.17, 15) is 8.78 Å². The van der Waals surface area contributed by atoms with Crippen molar-refractivity contribution in [3.63, 3.8) is 0 Å². The number of aromatic nitrogens is 4. The summed E-state index contributed by atoms with van der Waals surface area (Å²) in [4.78, 5) is 19.9. The van der Waals surface area contributed by atoms with Crippen molar-refractivity contribution >= 4 is 11.9 Å². The number of rotatable bonds is 2. The van der Waals surface area contributed by atoms with Gasteiger partial charge in [0.05, 0.1) is 0 Å². The molecule has 0 spiro atoms. The molecule has 0 saturated carbocycles. The third kappa shape index (κ3) is 7.63. The van der Waals surface area contributed by atoms with E-state index in [1.54, 1.807) is 4.90 Å². The summed E-state index contributed by atoms with van der Waals surface area (Å²) in [6, 6.07) is 2.67. The SMILES string of the molecule is Cc1cc(C)nc(N2CCNCC2)n1.Fc1cc(F)nc(N2CC[N-]CC2)n1.[Ac]. The Morgan fingerprint density at radius 3 is 1.83 bits per heavy atom. The van der Waals surface area contributed by atoms with Gasteiger partial charge in [0.1, 0.15) is 0 Å². The third-order valence-electron chi connectivity index (χ3n) is 4.36. The largest absolute Gasteiger partial charge is 0.659 e. The average molecular weight is 618 g/mol. The Labute approximate surface area is 205 Å². The first-order valence-electron chi connectivity index (χ1n) is 9.37. The zero-order chi connectivity index (χ0) is 19.9. The standard InChI is InChI=1S/C10H16N4.C8H9F2N4.Ac/c1-8-7-9(2)13-10(12-8)14-5-3-11-4-6-14;9-6-5-7(10)13-8(12-6)14-3-1-11-2-4-14;/h7,11H,3-6H2,1-2H3;5H,1-4H2;/q;-1;. The number of halogens is 2. The molecule has 1 N–H and O–H groups in total. The van der Waals surface area contributed by atoms with Gasteiger partial charge in [-0.25, -0.2) is 9.97 Å². The number of hydrogen-bond acceptors (Lipinski definition) is 7. The Balaban J connectivity index is 0.000000200. The molecule has 2 aliphatic heterocycles. The van der Waals surface area contributed by atoms with Crippen LogP contribution in [0, 0.1) is 69.8 Å². The fraction of sp³-hybridized carbons (Fsp3) is 0.556. The molecule has 0 unspecified atom stereocenters. The maximum absolute atomic E-state index is 12.7. The van der Waals surface area contributed by atoms with Gasteiger partial charge < -0.3 is 20.4 Å². The first-order valence-corrected chi connectivity index (χ1v) is 9.37. The van der Waals surface area contributed by atoms with E-state index in [2.05, 4.69) is 35.5 Å². The molecule has 0 amide bonds. The second-order valence-electron chi connectivity index (χ2n) is 6.66. The summed E-state index contributed by atoms with van der Waals surface area (Å²) in [5.41, 5.74) is 2.09. The summed E-state index contributed by atoms with van der Waals surface area (Å²) in [7, 11) is 0. The second kappa shape index (κ2) is 12.0. The first-order chi connectivity index (χ1) is 13.5. The normalized spacial score (nSPS) is 16.6. The summed E-state index contributed by atoms with van der Waals surface area (Å²) in [5.74, 6) is -0.688. The van der Waals surface area contributed by atoms with Crippen LogP contribution in [-0.2, 0) is 0 Å². The number of hydrogen-bond donors (Lipinski definition) is 1. The van der Waals surface area contributed by atoms with Gasteiger partial charge >= 0.3 is 0 Å². The maximum Gasteiger partial charge on any atom is 0.230 e. The Bertz CT molecular complexity index is 676. The van der Waals surface area contributed by atoms with Crippen molar-refractivity contribution < 1.29 is 52.8 Å². The van der Waals surface area contributed by atoms with Gasteiger partial charge in [0.25, 0.3) is 0 Å². The van der Waals surface area contributed by atoms with Crippen LogP contribution in [0.25, 0.3) is 5.32 Å². The Hall–Kier alpha value is -1.02. The predicted molar refractivity (Wildman–Crippen MR) is 104 cm³/mol. The molecule has 2 fully saturated rings. The predicted octanol–water partition coefficient (Wildman–Crippen LogP) is 1.45. The number of nitrogens with one attached hydrogen (secondary N) is 1. The van der Waals surface area contributed by atoms with Crippen LogP contribution in [0.3, 0.4) is 0 Å². The summed E-state index contributed by atoms with van der Waals surface area (Å²) in [6.07, 6.45) is 0. The smallest absolute Gasteiger partial charge is 0.230 e. The zero-order valence-electron chi connectivity index (χ0n) is 16.8. The summed E-state index contributed by atoms with van der Waals surface area (Å²) in [6.45, 7) is 10.6. The summed E-state index contributed by atoms with van der Waals surface area (Å²) in [5, 5.41) is 7.43. The quantitative estimate of drug-likeness (QED) is 0.511. The van der Waals surface area contributed by atoms with Crippen LogP contribution in [0.4, 0.5) is 20.7 Å². The van der Waals surface area contributed by atoms with E-state index in [1.807, 2.05) is 19.9 Å². The fourth-order valence-electron chi connectivity index (χ4n) is 3.04. The molecule has 4 heterocycles. The average Bonchev–Trinajstić information content (AvgIpc) is 2.68. The summed E-state index contributed by atoms with van der Waals surface area (Å²) >= 11 is 0. The molecule has 0 bridgehead atoms. The number of piperazine rings is 2. The van der Waals surface area contributed by atoms with Crippen molar-refractivity contribution in [1.82, 2.24) is 25.3 Å². The van der Waals surface area contributed by atoms with Gasteiger partial charge in [-0.3, -0.25) is 0 Å². The molecule has 2 aliphatic rings. The Kier molecular flexibility index (Phi) is 10.0. The van der Waals surface area contributed by atoms with Gasteiger partial charge in [-0.1, -0.05) is 0 Å². The first kappa shape index (κ1) is 24.3. The van der Waals surface area contributed by atoms with Crippen LogP contribution in [-0.4, -0.2) is 72.3 Å². The van der Waals surface area contributed by atoms with Gasteiger partial charge in [0.2, 0.25) is 23.8 Å². The minimum Gasteiger partial charge on any atom is -0.659 e. The molecule has 2 aromatic heterocycles. The molecule has 1 radical (unpaired) electrons. The molecule has 2 aromatic rings. The Morgan fingerprint density at radius 1 is 0.793 bits per heavy atom. The van der Waals surface area contributed by atoms with Crippen molar-refractivity contribution in [2.45, 2.75) is 13.8 Å². The van der Waals surface area contributed by atoms with E-state index in [0.717, 1.165) is 43.5 Å². The molecule has 4 rings (SSSR count). The molecule has 0 aromatic carbocycles.